The summed E-state index contributed by atoms with van der Waals surface area (Å²) in [5, 5.41) is 3.38. The second-order valence-electron chi connectivity index (χ2n) is 9.26. The van der Waals surface area contributed by atoms with Crippen LogP contribution in [0.25, 0.3) is 5.78 Å². The van der Waals surface area contributed by atoms with Crippen molar-refractivity contribution in [1.29, 1.82) is 0 Å². The quantitative estimate of drug-likeness (QED) is 0.324. The molecule has 1 aliphatic rings. The van der Waals surface area contributed by atoms with Crippen molar-refractivity contribution >= 4 is 34.7 Å². The number of benzene rings is 2. The largest absolute Gasteiger partial charge is 0.573 e. The molecule has 39 heavy (non-hydrogen) atoms. The number of carbonyl (C=O) groups is 1. The van der Waals surface area contributed by atoms with E-state index in [1.165, 1.54) is 18.3 Å². The standard InChI is InChI=1S/C27H26ClF3N6O2/c1-3-23-24(37-14-18(28)13-33-26(37)34-23)25(38)32-12-17-4-6-19(7-5-17)35(2)21-15-36(16-21)20-8-10-22(11-9-20)39-27(29,30)31/h4-11,13-14,21H,3,12,15-16H2,1-2H3,(H,32,38). The lowest BCUT2D eigenvalue weighted by atomic mass is 10.0. The smallest absolute Gasteiger partial charge is 0.406 e. The van der Waals surface area contributed by atoms with E-state index in [0.29, 0.717) is 35.2 Å². The Kier molecular flexibility index (Phi) is 7.26. The number of nitrogens with zero attached hydrogens (tertiary/aromatic N) is 5. The number of ether oxygens (including phenoxy) is 1. The molecule has 8 nitrogen and oxygen atoms in total. The van der Waals surface area contributed by atoms with E-state index < -0.39 is 6.36 Å². The van der Waals surface area contributed by atoms with Crippen LogP contribution >= 0.6 is 11.6 Å². The first kappa shape index (κ1) is 26.6. The molecule has 0 bridgehead atoms. The van der Waals surface area contributed by atoms with Crippen molar-refractivity contribution in [3.05, 3.63) is 82.9 Å². The number of hydrogen-bond donors (Lipinski definition) is 1. The van der Waals surface area contributed by atoms with E-state index in [1.54, 1.807) is 22.7 Å². The molecule has 3 heterocycles. The highest BCUT2D eigenvalue weighted by molar-refractivity contribution is 6.30. The van der Waals surface area contributed by atoms with Gasteiger partial charge in [0, 0.05) is 44.3 Å². The van der Waals surface area contributed by atoms with Crippen molar-refractivity contribution in [2.24, 2.45) is 0 Å². The predicted molar refractivity (Wildman–Crippen MR) is 143 cm³/mol. The van der Waals surface area contributed by atoms with Crippen molar-refractivity contribution in [2.75, 3.05) is 29.9 Å². The van der Waals surface area contributed by atoms with Crippen LogP contribution in [0.3, 0.4) is 0 Å². The summed E-state index contributed by atoms with van der Waals surface area (Å²) in [6, 6.07) is 14.1. The molecule has 1 aliphatic heterocycles. The van der Waals surface area contributed by atoms with Crippen molar-refractivity contribution in [3.63, 3.8) is 0 Å². The molecule has 12 heteroatoms. The Balaban J connectivity index is 1.15. The first-order chi connectivity index (χ1) is 18.6. The summed E-state index contributed by atoms with van der Waals surface area (Å²) in [5.74, 6) is -0.0597. The van der Waals surface area contributed by atoms with Crippen LogP contribution in [0, 0.1) is 0 Å². The van der Waals surface area contributed by atoms with Gasteiger partial charge >= 0.3 is 6.36 Å². The van der Waals surface area contributed by atoms with E-state index in [9.17, 15) is 18.0 Å². The van der Waals surface area contributed by atoms with Crippen LogP contribution in [0.2, 0.25) is 5.02 Å². The Morgan fingerprint density at radius 2 is 1.85 bits per heavy atom. The van der Waals surface area contributed by atoms with Gasteiger partial charge in [-0.1, -0.05) is 30.7 Å². The molecular formula is C27H26ClF3N6O2. The number of likely N-dealkylation sites (N-methyl/N-ethyl adjacent to an activating group) is 1. The fraction of sp³-hybridized carbons (Fsp3) is 0.296. The van der Waals surface area contributed by atoms with E-state index >= 15 is 0 Å². The third-order valence-corrected chi connectivity index (χ3v) is 6.91. The molecule has 0 radical (unpaired) electrons. The van der Waals surface area contributed by atoms with Crippen molar-refractivity contribution in [1.82, 2.24) is 19.7 Å². The maximum Gasteiger partial charge on any atom is 0.573 e. The third-order valence-electron chi connectivity index (χ3n) is 6.71. The van der Waals surface area contributed by atoms with E-state index in [2.05, 4.69) is 29.8 Å². The van der Waals surface area contributed by atoms with Gasteiger partial charge in [0.2, 0.25) is 5.78 Å². The molecule has 1 amide bonds. The van der Waals surface area contributed by atoms with Crippen LogP contribution in [0.15, 0.2) is 60.9 Å². The van der Waals surface area contributed by atoms with Crippen LogP contribution in [-0.4, -0.2) is 52.8 Å². The number of hydrogen-bond acceptors (Lipinski definition) is 6. The number of aryl methyl sites for hydroxylation is 1. The molecule has 0 saturated carbocycles. The lowest BCUT2D eigenvalue weighted by molar-refractivity contribution is -0.274. The molecule has 0 aliphatic carbocycles. The van der Waals surface area contributed by atoms with Gasteiger partial charge in [0.05, 0.1) is 23.0 Å². The molecule has 0 unspecified atom stereocenters. The maximum atomic E-state index is 13.0. The Labute approximate surface area is 228 Å². The van der Waals surface area contributed by atoms with E-state index in [1.807, 2.05) is 38.2 Å². The zero-order valence-corrected chi connectivity index (χ0v) is 22.0. The van der Waals surface area contributed by atoms with Gasteiger partial charge in [-0.05, 0) is 48.4 Å². The summed E-state index contributed by atoms with van der Waals surface area (Å²) in [7, 11) is 2.01. The minimum atomic E-state index is -4.70. The van der Waals surface area contributed by atoms with Crippen LogP contribution < -0.4 is 19.9 Å². The molecule has 1 saturated heterocycles. The van der Waals surface area contributed by atoms with Crippen LogP contribution in [0.5, 0.6) is 5.75 Å². The number of fused-ring (bicyclic) bond motifs is 1. The Morgan fingerprint density at radius 3 is 2.49 bits per heavy atom. The van der Waals surface area contributed by atoms with E-state index in [-0.39, 0.29) is 17.7 Å². The summed E-state index contributed by atoms with van der Waals surface area (Å²) in [6.45, 7) is 3.76. The molecule has 204 valence electrons. The highest BCUT2D eigenvalue weighted by atomic mass is 35.5. The predicted octanol–water partition coefficient (Wildman–Crippen LogP) is 5.10. The van der Waals surface area contributed by atoms with Gasteiger partial charge in [-0.2, -0.15) is 0 Å². The normalized spacial score (nSPS) is 13.8. The summed E-state index contributed by atoms with van der Waals surface area (Å²) >= 11 is 6.07. The number of amides is 1. The zero-order chi connectivity index (χ0) is 27.7. The van der Waals surface area contributed by atoms with Gasteiger partial charge < -0.3 is 19.9 Å². The number of halogens is 4. The molecule has 0 spiro atoms. The van der Waals surface area contributed by atoms with Gasteiger partial charge in [0.25, 0.3) is 5.91 Å². The molecule has 1 fully saturated rings. The Bertz CT molecular complexity index is 1470. The van der Waals surface area contributed by atoms with Gasteiger partial charge in [-0.3, -0.25) is 9.20 Å². The van der Waals surface area contributed by atoms with Crippen LogP contribution in [0.1, 0.15) is 28.7 Å². The average molecular weight is 559 g/mol. The highest BCUT2D eigenvalue weighted by Gasteiger charge is 2.32. The number of nitrogens with one attached hydrogen (secondary N) is 1. The van der Waals surface area contributed by atoms with Crippen LogP contribution in [-0.2, 0) is 13.0 Å². The molecule has 0 atom stereocenters. The monoisotopic (exact) mass is 558 g/mol. The second-order valence-corrected chi connectivity index (χ2v) is 9.70. The maximum absolute atomic E-state index is 13.0. The first-order valence-electron chi connectivity index (χ1n) is 12.3. The Hall–Kier alpha value is -3.99. The number of aromatic nitrogens is 3. The minimum Gasteiger partial charge on any atom is -0.406 e. The second kappa shape index (κ2) is 10.6. The summed E-state index contributed by atoms with van der Waals surface area (Å²) < 4.78 is 42.6. The minimum absolute atomic E-state index is 0.234. The van der Waals surface area contributed by atoms with Gasteiger partial charge in [0.15, 0.2) is 0 Å². The molecule has 1 N–H and O–H groups in total. The number of alkyl halides is 3. The molecule has 2 aromatic carbocycles. The molecule has 5 rings (SSSR count). The van der Waals surface area contributed by atoms with Crippen molar-refractivity contribution in [3.8, 4) is 5.75 Å². The van der Waals surface area contributed by atoms with E-state index in [0.717, 1.165) is 30.0 Å². The van der Waals surface area contributed by atoms with Gasteiger partial charge in [-0.25, -0.2) is 9.97 Å². The first-order valence-corrected chi connectivity index (χ1v) is 12.7. The lowest BCUT2D eigenvalue weighted by Gasteiger charge is -2.46. The Morgan fingerprint density at radius 1 is 1.15 bits per heavy atom. The van der Waals surface area contributed by atoms with Crippen molar-refractivity contribution in [2.45, 2.75) is 32.3 Å². The summed E-state index contributed by atoms with van der Waals surface area (Å²) in [6.07, 6.45) is -0.984. The summed E-state index contributed by atoms with van der Waals surface area (Å²) in [5.41, 5.74) is 3.89. The SMILES string of the molecule is CCc1nc2ncc(Cl)cn2c1C(=O)NCc1ccc(N(C)C2CN(c3ccc(OC(F)(F)F)cc3)C2)cc1. The number of carbonyl (C=O) groups excluding carboxylic acids is 1. The molecule has 4 aromatic rings. The highest BCUT2D eigenvalue weighted by Crippen LogP contribution is 2.29. The van der Waals surface area contributed by atoms with Crippen LogP contribution in [0.4, 0.5) is 24.5 Å². The fourth-order valence-corrected chi connectivity index (χ4v) is 4.68. The fourth-order valence-electron chi connectivity index (χ4n) is 4.54. The average Bonchev–Trinajstić information content (AvgIpc) is 3.24. The zero-order valence-electron chi connectivity index (χ0n) is 21.2. The summed E-state index contributed by atoms with van der Waals surface area (Å²) in [4.78, 5) is 25.9. The topological polar surface area (TPSA) is 75.0 Å². The van der Waals surface area contributed by atoms with Crippen molar-refractivity contribution < 1.29 is 22.7 Å². The third kappa shape index (κ3) is 5.88. The van der Waals surface area contributed by atoms with Gasteiger partial charge in [-0.15, -0.1) is 13.2 Å². The molecule has 2 aromatic heterocycles. The number of rotatable bonds is 8. The lowest BCUT2D eigenvalue weighted by Crippen LogP contribution is -2.58. The van der Waals surface area contributed by atoms with Gasteiger partial charge in [0.1, 0.15) is 11.4 Å². The number of anilines is 2. The molecular weight excluding hydrogens is 533 g/mol. The number of imidazole rings is 1. The van der Waals surface area contributed by atoms with E-state index in [4.69, 9.17) is 11.6 Å².